The normalized spacial score (nSPS) is 12.1. The van der Waals surface area contributed by atoms with Crippen LogP contribution < -0.4 is 9.47 Å². The topological polar surface area (TPSA) is 68.7 Å². The molecule has 3 aromatic rings. The van der Waals surface area contributed by atoms with Crippen LogP contribution in [0, 0.1) is 0 Å². The molecule has 5 nitrogen and oxygen atoms in total. The smallest absolute Gasteiger partial charge is 0.344 e. The molecule has 1 heterocycles. The summed E-state index contributed by atoms with van der Waals surface area (Å²) in [6.07, 6.45) is -0.523. The molecule has 0 aliphatic rings. The SMILES string of the molecule is CCC(Oc1ccc(-c2nc3ccccc3s2)cc1OC)C(=O)O. The monoisotopic (exact) mass is 343 g/mol. The lowest BCUT2D eigenvalue weighted by Gasteiger charge is -2.16. The number of para-hydroxylation sites is 1. The van der Waals surface area contributed by atoms with Gasteiger partial charge in [-0.05, 0) is 36.8 Å². The number of aliphatic carboxylic acids is 1. The number of methoxy groups -OCH3 is 1. The summed E-state index contributed by atoms with van der Waals surface area (Å²) < 4.78 is 12.0. The van der Waals surface area contributed by atoms with Gasteiger partial charge in [-0.1, -0.05) is 19.1 Å². The van der Waals surface area contributed by atoms with E-state index in [1.165, 1.54) is 7.11 Å². The summed E-state index contributed by atoms with van der Waals surface area (Å²) in [6.45, 7) is 1.76. The summed E-state index contributed by atoms with van der Waals surface area (Å²) in [6, 6.07) is 13.4. The van der Waals surface area contributed by atoms with Crippen molar-refractivity contribution in [2.45, 2.75) is 19.4 Å². The minimum absolute atomic E-state index is 0.373. The summed E-state index contributed by atoms with van der Waals surface area (Å²) in [4.78, 5) is 15.8. The molecule has 0 bridgehead atoms. The molecule has 0 aliphatic carbocycles. The van der Waals surface area contributed by atoms with E-state index in [4.69, 9.17) is 14.6 Å². The van der Waals surface area contributed by atoms with Crippen LogP contribution in [0.15, 0.2) is 42.5 Å². The third kappa shape index (κ3) is 3.19. The van der Waals surface area contributed by atoms with Crippen LogP contribution in [0.1, 0.15) is 13.3 Å². The lowest BCUT2D eigenvalue weighted by molar-refractivity contribution is -0.145. The molecule has 6 heteroatoms. The van der Waals surface area contributed by atoms with Gasteiger partial charge in [0, 0.05) is 5.56 Å². The van der Waals surface area contributed by atoms with Crippen molar-refractivity contribution in [3.05, 3.63) is 42.5 Å². The van der Waals surface area contributed by atoms with Gasteiger partial charge in [-0.3, -0.25) is 0 Å². The Hall–Kier alpha value is -2.60. The molecular formula is C18H17NO4S. The number of benzene rings is 2. The van der Waals surface area contributed by atoms with E-state index in [9.17, 15) is 4.79 Å². The molecule has 1 N–H and O–H groups in total. The second-order valence-electron chi connectivity index (χ2n) is 5.21. The predicted molar refractivity (Wildman–Crippen MR) is 94.0 cm³/mol. The molecule has 0 saturated carbocycles. The highest BCUT2D eigenvalue weighted by molar-refractivity contribution is 7.21. The van der Waals surface area contributed by atoms with Crippen LogP contribution in [0.4, 0.5) is 0 Å². The molecule has 0 spiro atoms. The molecule has 1 aromatic heterocycles. The van der Waals surface area contributed by atoms with Crippen LogP contribution in [-0.2, 0) is 4.79 Å². The Morgan fingerprint density at radius 1 is 1.25 bits per heavy atom. The summed E-state index contributed by atoms with van der Waals surface area (Å²) in [5, 5.41) is 10.0. The molecule has 0 fully saturated rings. The average Bonchev–Trinajstić information content (AvgIpc) is 3.03. The van der Waals surface area contributed by atoms with Gasteiger partial charge in [0.25, 0.3) is 0 Å². The fourth-order valence-corrected chi connectivity index (χ4v) is 3.32. The summed E-state index contributed by atoms with van der Waals surface area (Å²) >= 11 is 1.60. The Balaban J connectivity index is 1.95. The number of carboxylic acids is 1. The first kappa shape index (κ1) is 16.3. The Bertz CT molecular complexity index is 841. The third-order valence-electron chi connectivity index (χ3n) is 3.62. The highest BCUT2D eigenvalue weighted by Gasteiger charge is 2.19. The number of carbonyl (C=O) groups is 1. The van der Waals surface area contributed by atoms with Gasteiger partial charge in [0.15, 0.2) is 17.6 Å². The number of thiazole rings is 1. The standard InChI is InChI=1S/C18H17NO4S/c1-3-13(18(20)21)23-14-9-8-11(10-15(14)22-2)17-19-12-6-4-5-7-16(12)24-17/h4-10,13H,3H2,1-2H3,(H,20,21). The molecule has 0 saturated heterocycles. The first-order valence-electron chi connectivity index (χ1n) is 7.55. The first-order valence-corrected chi connectivity index (χ1v) is 8.37. The second kappa shape index (κ2) is 6.88. The molecular weight excluding hydrogens is 326 g/mol. The van der Waals surface area contributed by atoms with E-state index in [1.807, 2.05) is 36.4 Å². The van der Waals surface area contributed by atoms with Crippen LogP contribution in [0.25, 0.3) is 20.8 Å². The van der Waals surface area contributed by atoms with Crippen LogP contribution in [0.2, 0.25) is 0 Å². The van der Waals surface area contributed by atoms with Gasteiger partial charge in [-0.25, -0.2) is 9.78 Å². The molecule has 0 aliphatic heterocycles. The van der Waals surface area contributed by atoms with E-state index in [0.29, 0.717) is 17.9 Å². The number of aromatic nitrogens is 1. The van der Waals surface area contributed by atoms with E-state index in [-0.39, 0.29) is 0 Å². The fourth-order valence-electron chi connectivity index (χ4n) is 2.36. The zero-order valence-corrected chi connectivity index (χ0v) is 14.2. The van der Waals surface area contributed by atoms with E-state index >= 15 is 0 Å². The molecule has 24 heavy (non-hydrogen) atoms. The zero-order chi connectivity index (χ0) is 17.1. The van der Waals surface area contributed by atoms with Gasteiger partial charge < -0.3 is 14.6 Å². The van der Waals surface area contributed by atoms with Crippen LogP contribution in [0.3, 0.4) is 0 Å². The number of rotatable bonds is 6. The van der Waals surface area contributed by atoms with E-state index in [1.54, 1.807) is 24.3 Å². The Kier molecular flexibility index (Phi) is 4.66. The number of hydrogen-bond acceptors (Lipinski definition) is 5. The van der Waals surface area contributed by atoms with E-state index in [2.05, 4.69) is 4.98 Å². The number of fused-ring (bicyclic) bond motifs is 1. The maximum Gasteiger partial charge on any atom is 0.344 e. The lowest BCUT2D eigenvalue weighted by Crippen LogP contribution is -2.26. The third-order valence-corrected chi connectivity index (χ3v) is 4.71. The Morgan fingerprint density at radius 3 is 2.71 bits per heavy atom. The zero-order valence-electron chi connectivity index (χ0n) is 13.4. The van der Waals surface area contributed by atoms with Crippen molar-refractivity contribution in [2.75, 3.05) is 7.11 Å². The van der Waals surface area contributed by atoms with Crippen molar-refractivity contribution in [1.82, 2.24) is 4.98 Å². The summed E-state index contributed by atoms with van der Waals surface area (Å²) in [5.74, 6) is -0.0853. The second-order valence-corrected chi connectivity index (χ2v) is 6.24. The maximum atomic E-state index is 11.1. The van der Waals surface area contributed by atoms with E-state index in [0.717, 1.165) is 20.8 Å². The van der Waals surface area contributed by atoms with Crippen LogP contribution in [-0.4, -0.2) is 29.3 Å². The highest BCUT2D eigenvalue weighted by atomic mass is 32.1. The lowest BCUT2D eigenvalue weighted by atomic mass is 10.2. The van der Waals surface area contributed by atoms with Crippen molar-refractivity contribution in [3.63, 3.8) is 0 Å². The van der Waals surface area contributed by atoms with Gasteiger partial charge in [0.2, 0.25) is 0 Å². The molecule has 0 radical (unpaired) electrons. The maximum absolute atomic E-state index is 11.1. The highest BCUT2D eigenvalue weighted by Crippen LogP contribution is 2.36. The largest absolute Gasteiger partial charge is 0.493 e. The molecule has 2 aromatic carbocycles. The summed E-state index contributed by atoms with van der Waals surface area (Å²) in [5.41, 5.74) is 1.86. The van der Waals surface area contributed by atoms with Gasteiger partial charge in [0.05, 0.1) is 17.3 Å². The number of ether oxygens (including phenoxy) is 2. The molecule has 1 atom stereocenters. The quantitative estimate of drug-likeness (QED) is 0.726. The van der Waals surface area contributed by atoms with Crippen molar-refractivity contribution >= 4 is 27.5 Å². The minimum Gasteiger partial charge on any atom is -0.493 e. The van der Waals surface area contributed by atoms with Gasteiger partial charge >= 0.3 is 5.97 Å². The molecule has 3 rings (SSSR count). The average molecular weight is 343 g/mol. The van der Waals surface area contributed by atoms with Crippen molar-refractivity contribution in [3.8, 4) is 22.1 Å². The predicted octanol–water partition coefficient (Wildman–Crippen LogP) is 4.21. The van der Waals surface area contributed by atoms with E-state index < -0.39 is 12.1 Å². The van der Waals surface area contributed by atoms with Crippen molar-refractivity contribution < 1.29 is 19.4 Å². The minimum atomic E-state index is -0.991. The number of hydrogen-bond donors (Lipinski definition) is 1. The number of nitrogens with zero attached hydrogens (tertiary/aromatic N) is 1. The van der Waals surface area contributed by atoms with Crippen molar-refractivity contribution in [1.29, 1.82) is 0 Å². The molecule has 1 unspecified atom stereocenters. The summed E-state index contributed by atoms with van der Waals surface area (Å²) in [7, 11) is 1.53. The van der Waals surface area contributed by atoms with Crippen LogP contribution >= 0.6 is 11.3 Å². The fraction of sp³-hybridized carbons (Fsp3) is 0.222. The van der Waals surface area contributed by atoms with Gasteiger partial charge in [-0.15, -0.1) is 11.3 Å². The Morgan fingerprint density at radius 2 is 2.04 bits per heavy atom. The van der Waals surface area contributed by atoms with Crippen LogP contribution in [0.5, 0.6) is 11.5 Å². The van der Waals surface area contributed by atoms with Crippen molar-refractivity contribution in [2.24, 2.45) is 0 Å². The Labute approximate surface area is 143 Å². The van der Waals surface area contributed by atoms with Gasteiger partial charge in [-0.2, -0.15) is 0 Å². The number of carboxylic acid groups (broad SMARTS) is 1. The molecule has 124 valence electrons. The van der Waals surface area contributed by atoms with Gasteiger partial charge in [0.1, 0.15) is 5.01 Å². The molecule has 0 amide bonds. The first-order chi connectivity index (χ1) is 11.6.